The minimum atomic E-state index is -1.82. The van der Waals surface area contributed by atoms with Gasteiger partial charge in [0.1, 0.15) is 6.10 Å². The molecule has 3 aliphatic rings. The lowest BCUT2D eigenvalue weighted by Crippen LogP contribution is -2.61. The fraction of sp³-hybridized carbons (Fsp3) is 0.600. The van der Waals surface area contributed by atoms with Crippen LogP contribution in [0.25, 0.3) is 0 Å². The molecule has 0 spiro atoms. The summed E-state index contributed by atoms with van der Waals surface area (Å²) < 4.78 is 12.3. The lowest BCUT2D eigenvalue weighted by Gasteiger charge is -2.52. The third-order valence-electron chi connectivity index (χ3n) is 6.52. The van der Waals surface area contributed by atoms with E-state index < -0.39 is 28.6 Å². The second-order valence-corrected chi connectivity index (χ2v) is 8.67. The molecular formula is C20H20N4O2S. The zero-order chi connectivity index (χ0) is 19.3. The van der Waals surface area contributed by atoms with Crippen LogP contribution in [-0.2, 0) is 9.47 Å². The first kappa shape index (κ1) is 18.0. The summed E-state index contributed by atoms with van der Waals surface area (Å²) in [5, 5.41) is 41.0. The monoisotopic (exact) mass is 380 g/mol. The average molecular weight is 380 g/mol. The van der Waals surface area contributed by atoms with E-state index in [1.165, 1.54) is 11.3 Å². The Balaban J connectivity index is 1.92. The molecule has 3 fully saturated rings. The zero-order valence-electron chi connectivity index (χ0n) is 15.1. The van der Waals surface area contributed by atoms with Gasteiger partial charge in [0.05, 0.1) is 24.1 Å². The maximum atomic E-state index is 10.3. The Morgan fingerprint density at radius 2 is 2.07 bits per heavy atom. The van der Waals surface area contributed by atoms with Gasteiger partial charge in [-0.15, -0.1) is 11.3 Å². The zero-order valence-corrected chi connectivity index (χ0v) is 15.9. The van der Waals surface area contributed by atoms with E-state index in [1.54, 1.807) is 0 Å². The van der Waals surface area contributed by atoms with Crippen molar-refractivity contribution in [3.8, 4) is 18.2 Å². The van der Waals surface area contributed by atoms with Crippen molar-refractivity contribution in [1.82, 2.24) is 0 Å². The summed E-state index contributed by atoms with van der Waals surface area (Å²) in [6.07, 6.45) is 3.23. The predicted octanol–water partition coefficient (Wildman–Crippen LogP) is 4.28. The largest absolute Gasteiger partial charge is 0.447 e. The quantitative estimate of drug-likeness (QED) is 0.840. The molecule has 2 aliphatic heterocycles. The van der Waals surface area contributed by atoms with Crippen molar-refractivity contribution >= 4 is 17.2 Å². The molecule has 138 valence electrons. The minimum absolute atomic E-state index is 0.283. The first-order valence-electron chi connectivity index (χ1n) is 9.26. The van der Waals surface area contributed by atoms with Crippen LogP contribution in [-0.4, -0.2) is 11.7 Å². The van der Waals surface area contributed by atoms with Crippen LogP contribution in [0.5, 0.6) is 0 Å². The van der Waals surface area contributed by atoms with Crippen LogP contribution in [0.2, 0.25) is 0 Å². The molecule has 0 aromatic carbocycles. The second-order valence-electron chi connectivity index (χ2n) is 7.69. The summed E-state index contributed by atoms with van der Waals surface area (Å²) >= 11 is 1.39. The molecule has 1 aromatic rings. The molecule has 5 unspecified atom stereocenters. The number of ether oxygens (including phenoxy) is 2. The van der Waals surface area contributed by atoms with Crippen LogP contribution in [0.1, 0.15) is 50.0 Å². The van der Waals surface area contributed by atoms with Crippen LogP contribution in [0.15, 0.2) is 17.5 Å². The van der Waals surface area contributed by atoms with Crippen LogP contribution < -0.4 is 0 Å². The van der Waals surface area contributed by atoms with Gasteiger partial charge in [0.15, 0.2) is 5.41 Å². The molecule has 0 radical (unpaired) electrons. The topological polar surface area (TPSA) is 114 Å². The molecule has 3 heterocycles. The highest BCUT2D eigenvalue weighted by Gasteiger charge is 2.81. The van der Waals surface area contributed by atoms with E-state index in [0.29, 0.717) is 23.6 Å². The Morgan fingerprint density at radius 1 is 1.30 bits per heavy atom. The number of nitriles is 3. The SMILES string of the molecule is CCCC1CCC23OC(=N)C(C#N)(C2C1)C(C#N)(C#N)C(c1cccs1)O3. The van der Waals surface area contributed by atoms with Gasteiger partial charge < -0.3 is 9.47 Å². The normalized spacial score (nSPS) is 38.7. The van der Waals surface area contributed by atoms with Gasteiger partial charge in [0.25, 0.3) is 0 Å². The fourth-order valence-corrected chi connectivity index (χ4v) is 6.10. The van der Waals surface area contributed by atoms with Gasteiger partial charge in [0, 0.05) is 11.3 Å². The van der Waals surface area contributed by atoms with Gasteiger partial charge in [-0.2, -0.15) is 15.8 Å². The van der Waals surface area contributed by atoms with E-state index in [1.807, 2.05) is 17.5 Å². The average Bonchev–Trinajstić information content (AvgIpc) is 3.27. The summed E-state index contributed by atoms with van der Waals surface area (Å²) in [6, 6.07) is 10.1. The van der Waals surface area contributed by atoms with E-state index in [4.69, 9.17) is 14.9 Å². The molecule has 5 atom stereocenters. The van der Waals surface area contributed by atoms with Crippen LogP contribution in [0.3, 0.4) is 0 Å². The third-order valence-corrected chi connectivity index (χ3v) is 7.43. The van der Waals surface area contributed by atoms with Gasteiger partial charge >= 0.3 is 0 Å². The Hall–Kier alpha value is -2.40. The van der Waals surface area contributed by atoms with E-state index in [0.717, 1.165) is 19.3 Å². The van der Waals surface area contributed by atoms with Crippen LogP contribution in [0.4, 0.5) is 0 Å². The molecule has 2 saturated heterocycles. The highest BCUT2D eigenvalue weighted by atomic mass is 32.1. The van der Waals surface area contributed by atoms with Crippen molar-refractivity contribution in [2.24, 2.45) is 22.7 Å². The fourth-order valence-electron chi connectivity index (χ4n) is 5.28. The van der Waals surface area contributed by atoms with E-state index >= 15 is 0 Å². The smallest absolute Gasteiger partial charge is 0.217 e. The van der Waals surface area contributed by atoms with Gasteiger partial charge in [-0.1, -0.05) is 25.8 Å². The highest BCUT2D eigenvalue weighted by molar-refractivity contribution is 7.10. The predicted molar refractivity (Wildman–Crippen MR) is 97.1 cm³/mol. The first-order chi connectivity index (χ1) is 13.0. The van der Waals surface area contributed by atoms with Crippen molar-refractivity contribution in [3.63, 3.8) is 0 Å². The summed E-state index contributed by atoms with van der Waals surface area (Å²) in [5.74, 6) is -1.48. The molecule has 4 rings (SSSR count). The van der Waals surface area contributed by atoms with Gasteiger partial charge in [-0.05, 0) is 30.2 Å². The maximum Gasteiger partial charge on any atom is 0.217 e. The third kappa shape index (κ3) is 2.03. The highest BCUT2D eigenvalue weighted by Crippen LogP contribution is 2.70. The van der Waals surface area contributed by atoms with Gasteiger partial charge in [0.2, 0.25) is 17.1 Å². The standard InChI is InChI=1S/C20H20N4O2S/c1-2-4-13-6-7-20-15(9-13)19(12-23,17(24)26-20)18(10-21,11-22)16(25-20)14-5-3-8-27-14/h3,5,8,13,15-16,24H,2,4,6-7,9H2,1H3. The summed E-state index contributed by atoms with van der Waals surface area (Å²) in [4.78, 5) is 0.713. The van der Waals surface area contributed by atoms with Crippen molar-refractivity contribution in [1.29, 1.82) is 21.2 Å². The number of hydrogen-bond donors (Lipinski definition) is 1. The number of hydrogen-bond acceptors (Lipinski definition) is 7. The lowest BCUT2D eigenvalue weighted by atomic mass is 9.51. The molecular weight excluding hydrogens is 360 g/mol. The number of nitrogens with zero attached hydrogens (tertiary/aromatic N) is 3. The number of thiophene rings is 1. The minimum Gasteiger partial charge on any atom is -0.447 e. The second kappa shape index (κ2) is 6.06. The number of rotatable bonds is 3. The van der Waals surface area contributed by atoms with Crippen molar-refractivity contribution in [2.75, 3.05) is 0 Å². The number of nitrogens with one attached hydrogen (secondary N) is 1. The maximum absolute atomic E-state index is 10.3. The molecule has 27 heavy (non-hydrogen) atoms. The Morgan fingerprint density at radius 3 is 2.67 bits per heavy atom. The van der Waals surface area contributed by atoms with E-state index in [2.05, 4.69) is 25.1 Å². The molecule has 1 aliphatic carbocycles. The Kier molecular flexibility index (Phi) is 4.04. The summed E-state index contributed by atoms with van der Waals surface area (Å²) in [7, 11) is 0. The molecule has 2 bridgehead atoms. The van der Waals surface area contributed by atoms with Crippen LogP contribution in [0, 0.1) is 62.1 Å². The first-order valence-corrected chi connectivity index (χ1v) is 10.1. The van der Waals surface area contributed by atoms with E-state index in [-0.39, 0.29) is 5.90 Å². The van der Waals surface area contributed by atoms with Crippen molar-refractivity contribution in [3.05, 3.63) is 22.4 Å². The summed E-state index contributed by atoms with van der Waals surface area (Å²) in [6.45, 7) is 2.12. The Bertz CT molecular complexity index is 879. The van der Waals surface area contributed by atoms with Gasteiger partial charge in [-0.3, -0.25) is 5.41 Å². The lowest BCUT2D eigenvalue weighted by molar-refractivity contribution is -0.298. The molecule has 1 N–H and O–H groups in total. The van der Waals surface area contributed by atoms with E-state index in [9.17, 15) is 15.8 Å². The van der Waals surface area contributed by atoms with Gasteiger partial charge in [-0.25, -0.2) is 0 Å². The molecule has 7 heteroatoms. The van der Waals surface area contributed by atoms with Crippen molar-refractivity contribution < 1.29 is 9.47 Å². The molecule has 1 saturated carbocycles. The van der Waals surface area contributed by atoms with Crippen LogP contribution >= 0.6 is 11.3 Å². The molecule has 1 aromatic heterocycles. The molecule has 0 amide bonds. The van der Waals surface area contributed by atoms with Crippen molar-refractivity contribution in [2.45, 2.75) is 50.9 Å². The Labute approximate surface area is 162 Å². The molecule has 6 nitrogen and oxygen atoms in total. The summed E-state index contributed by atoms with van der Waals surface area (Å²) in [5.41, 5.74) is -3.43.